The van der Waals surface area contributed by atoms with Crippen LogP contribution in [0.2, 0.25) is 0 Å². The second-order valence-electron chi connectivity index (χ2n) is 5.95. The summed E-state index contributed by atoms with van der Waals surface area (Å²) >= 11 is 0. The maximum atomic E-state index is 4.19. The highest BCUT2D eigenvalue weighted by Gasteiger charge is 2.35. The quantitative estimate of drug-likeness (QED) is 0.940. The smallest absolute Gasteiger partial charge is 0.115 e. The molecule has 4 heteroatoms. The third-order valence-corrected chi connectivity index (χ3v) is 4.46. The van der Waals surface area contributed by atoms with Gasteiger partial charge in [0, 0.05) is 18.6 Å². The van der Waals surface area contributed by atoms with E-state index in [1.807, 2.05) is 12.4 Å². The van der Waals surface area contributed by atoms with Gasteiger partial charge in [0.15, 0.2) is 0 Å². The largest absolute Gasteiger partial charge is 0.359 e. The van der Waals surface area contributed by atoms with E-state index in [4.69, 9.17) is 0 Å². The minimum atomic E-state index is 0.126. The zero-order valence-corrected chi connectivity index (χ0v) is 12.7. The summed E-state index contributed by atoms with van der Waals surface area (Å²) in [5, 5.41) is 3.71. The summed E-state index contributed by atoms with van der Waals surface area (Å²) in [7, 11) is 0. The molecular formula is C17H22N4. The third kappa shape index (κ3) is 2.90. The van der Waals surface area contributed by atoms with Crippen LogP contribution in [-0.4, -0.2) is 28.6 Å². The fourth-order valence-electron chi connectivity index (χ4n) is 2.92. The van der Waals surface area contributed by atoms with Crippen molar-refractivity contribution in [2.75, 3.05) is 18.0 Å². The highest BCUT2D eigenvalue weighted by Crippen LogP contribution is 2.32. The number of anilines is 1. The van der Waals surface area contributed by atoms with Gasteiger partial charge in [-0.05, 0) is 18.9 Å². The summed E-state index contributed by atoms with van der Waals surface area (Å²) in [4.78, 5) is 10.8. The van der Waals surface area contributed by atoms with E-state index in [1.165, 1.54) is 5.56 Å². The van der Waals surface area contributed by atoms with Crippen molar-refractivity contribution in [1.82, 2.24) is 15.3 Å². The van der Waals surface area contributed by atoms with Crippen LogP contribution in [0.5, 0.6) is 0 Å². The highest BCUT2D eigenvalue weighted by molar-refractivity contribution is 5.47. The molecule has 2 unspecified atom stereocenters. The van der Waals surface area contributed by atoms with Gasteiger partial charge in [0.05, 0.1) is 24.1 Å². The lowest BCUT2D eigenvalue weighted by atomic mass is 9.91. The molecule has 0 saturated carbocycles. The molecule has 110 valence electrons. The van der Waals surface area contributed by atoms with Crippen molar-refractivity contribution in [2.45, 2.75) is 31.8 Å². The van der Waals surface area contributed by atoms with Crippen LogP contribution in [0, 0.1) is 0 Å². The van der Waals surface area contributed by atoms with Crippen LogP contribution in [0.1, 0.15) is 31.9 Å². The molecule has 1 aliphatic rings. The van der Waals surface area contributed by atoms with Crippen molar-refractivity contribution in [1.29, 1.82) is 0 Å². The lowest BCUT2D eigenvalue weighted by Crippen LogP contribution is -2.59. The molecule has 1 fully saturated rings. The van der Waals surface area contributed by atoms with E-state index < -0.39 is 0 Å². The SMILES string of the molecule is CCC1(C)CN(c2cncnc2)C(c2ccccc2)CN1. The molecule has 1 aliphatic heterocycles. The number of nitrogens with zero attached hydrogens (tertiary/aromatic N) is 3. The van der Waals surface area contributed by atoms with E-state index in [2.05, 4.69) is 64.4 Å². The van der Waals surface area contributed by atoms with E-state index in [0.29, 0.717) is 6.04 Å². The first-order chi connectivity index (χ1) is 10.2. The molecule has 0 radical (unpaired) electrons. The molecule has 2 atom stereocenters. The zero-order valence-electron chi connectivity index (χ0n) is 12.7. The third-order valence-electron chi connectivity index (χ3n) is 4.46. The Kier molecular flexibility index (Phi) is 3.88. The Labute approximate surface area is 126 Å². The van der Waals surface area contributed by atoms with E-state index >= 15 is 0 Å². The summed E-state index contributed by atoms with van der Waals surface area (Å²) in [6.45, 7) is 6.40. The average molecular weight is 282 g/mol. The molecule has 1 aromatic carbocycles. The molecule has 4 nitrogen and oxygen atoms in total. The van der Waals surface area contributed by atoms with Gasteiger partial charge in [0.2, 0.25) is 0 Å². The topological polar surface area (TPSA) is 41.1 Å². The van der Waals surface area contributed by atoms with Crippen LogP contribution in [0.3, 0.4) is 0 Å². The molecule has 2 aromatic rings. The van der Waals surface area contributed by atoms with Gasteiger partial charge in [-0.3, -0.25) is 0 Å². The standard InChI is InChI=1S/C17H22N4/c1-3-17(2)12-21(15-9-18-13-19-10-15)16(11-20-17)14-7-5-4-6-8-14/h4-10,13,16,20H,3,11-12H2,1-2H3. The van der Waals surface area contributed by atoms with Crippen molar-refractivity contribution < 1.29 is 0 Å². The van der Waals surface area contributed by atoms with Gasteiger partial charge in [-0.2, -0.15) is 0 Å². The molecule has 21 heavy (non-hydrogen) atoms. The van der Waals surface area contributed by atoms with E-state index in [-0.39, 0.29) is 5.54 Å². The molecule has 1 N–H and O–H groups in total. The van der Waals surface area contributed by atoms with Crippen LogP contribution in [0.25, 0.3) is 0 Å². The number of hydrogen-bond acceptors (Lipinski definition) is 4. The normalized spacial score (nSPS) is 25.8. The fourth-order valence-corrected chi connectivity index (χ4v) is 2.92. The van der Waals surface area contributed by atoms with E-state index in [1.54, 1.807) is 6.33 Å². The minimum absolute atomic E-state index is 0.126. The molecule has 0 amide bonds. The molecular weight excluding hydrogens is 260 g/mol. The first-order valence-electron chi connectivity index (χ1n) is 7.53. The Bertz CT molecular complexity index is 572. The first kappa shape index (κ1) is 14.0. The number of benzene rings is 1. The second-order valence-corrected chi connectivity index (χ2v) is 5.95. The second kappa shape index (κ2) is 5.82. The highest BCUT2D eigenvalue weighted by atomic mass is 15.3. The van der Waals surface area contributed by atoms with E-state index in [9.17, 15) is 0 Å². The maximum Gasteiger partial charge on any atom is 0.115 e. The van der Waals surface area contributed by atoms with E-state index in [0.717, 1.165) is 25.2 Å². The summed E-state index contributed by atoms with van der Waals surface area (Å²) in [5.74, 6) is 0. The zero-order chi connectivity index (χ0) is 14.7. The van der Waals surface area contributed by atoms with Crippen LogP contribution in [-0.2, 0) is 0 Å². The molecule has 3 rings (SSSR count). The number of aromatic nitrogens is 2. The van der Waals surface area contributed by atoms with Crippen molar-refractivity contribution in [3.05, 3.63) is 54.6 Å². The summed E-state index contributed by atoms with van der Waals surface area (Å²) < 4.78 is 0. The molecule has 0 spiro atoms. The van der Waals surface area contributed by atoms with Gasteiger partial charge in [0.25, 0.3) is 0 Å². The Morgan fingerprint density at radius 2 is 1.95 bits per heavy atom. The number of rotatable bonds is 3. The molecule has 1 aromatic heterocycles. The molecule has 0 aliphatic carbocycles. The minimum Gasteiger partial charge on any atom is -0.359 e. The molecule has 1 saturated heterocycles. The van der Waals surface area contributed by atoms with Gasteiger partial charge in [-0.1, -0.05) is 37.3 Å². The lowest BCUT2D eigenvalue weighted by molar-refractivity contribution is 0.280. The molecule has 2 heterocycles. The maximum absolute atomic E-state index is 4.19. The predicted molar refractivity (Wildman–Crippen MR) is 85.3 cm³/mol. The Balaban J connectivity index is 1.95. The summed E-state index contributed by atoms with van der Waals surface area (Å²) in [5.41, 5.74) is 2.54. The first-order valence-corrected chi connectivity index (χ1v) is 7.53. The Morgan fingerprint density at radius 3 is 2.62 bits per heavy atom. The summed E-state index contributed by atoms with van der Waals surface area (Å²) in [6, 6.07) is 11.0. The summed E-state index contributed by atoms with van der Waals surface area (Å²) in [6.07, 6.45) is 6.50. The number of hydrogen-bond donors (Lipinski definition) is 1. The van der Waals surface area contributed by atoms with Crippen molar-refractivity contribution in [3.63, 3.8) is 0 Å². The fraction of sp³-hybridized carbons (Fsp3) is 0.412. The predicted octanol–water partition coefficient (Wildman–Crippen LogP) is 2.80. The van der Waals surface area contributed by atoms with Crippen LogP contribution in [0.4, 0.5) is 5.69 Å². The van der Waals surface area contributed by atoms with Gasteiger partial charge in [-0.15, -0.1) is 0 Å². The Hall–Kier alpha value is -1.94. The van der Waals surface area contributed by atoms with Crippen LogP contribution in [0.15, 0.2) is 49.1 Å². The van der Waals surface area contributed by atoms with Crippen LogP contribution < -0.4 is 10.2 Å². The molecule has 0 bridgehead atoms. The van der Waals surface area contributed by atoms with Crippen LogP contribution >= 0.6 is 0 Å². The van der Waals surface area contributed by atoms with Gasteiger partial charge in [0.1, 0.15) is 6.33 Å². The lowest BCUT2D eigenvalue weighted by Gasteiger charge is -2.47. The average Bonchev–Trinajstić information content (AvgIpc) is 2.56. The number of nitrogens with one attached hydrogen (secondary N) is 1. The van der Waals surface area contributed by atoms with Gasteiger partial charge >= 0.3 is 0 Å². The number of piperazine rings is 1. The van der Waals surface area contributed by atoms with Crippen molar-refractivity contribution in [2.24, 2.45) is 0 Å². The van der Waals surface area contributed by atoms with Gasteiger partial charge in [-0.25, -0.2) is 9.97 Å². The Morgan fingerprint density at radius 1 is 1.24 bits per heavy atom. The van der Waals surface area contributed by atoms with Gasteiger partial charge < -0.3 is 10.2 Å². The van der Waals surface area contributed by atoms with Crippen molar-refractivity contribution in [3.8, 4) is 0 Å². The van der Waals surface area contributed by atoms with Crippen molar-refractivity contribution >= 4 is 5.69 Å². The monoisotopic (exact) mass is 282 g/mol.